The summed E-state index contributed by atoms with van der Waals surface area (Å²) in [4.78, 5) is 0. The molecule has 30 valence electrons. The number of hydrogen-bond acceptors (Lipinski definition) is 2. The summed E-state index contributed by atoms with van der Waals surface area (Å²) in [7, 11) is 0. The van der Waals surface area contributed by atoms with Gasteiger partial charge in [0.25, 0.3) is 0 Å². The first-order chi connectivity index (χ1) is 1.00. The Morgan fingerprint density at radius 1 is 1.00 bits per heavy atom. The van der Waals surface area contributed by atoms with Crippen LogP contribution in [0.5, 0.6) is 0 Å². The van der Waals surface area contributed by atoms with Gasteiger partial charge in [-0.2, -0.15) is 0 Å². The molecule has 0 saturated heterocycles. The molecule has 4 heavy (non-hydrogen) atoms. The van der Waals surface area contributed by atoms with Gasteiger partial charge >= 0.3 is 16.5 Å². The van der Waals surface area contributed by atoms with Gasteiger partial charge in [-0.25, -0.2) is 0 Å². The summed E-state index contributed by atoms with van der Waals surface area (Å²) in [5, 5.41) is 14.0. The number of hydrogen-bond donors (Lipinski definition) is 0. The van der Waals surface area contributed by atoms with Crippen molar-refractivity contribution >= 4 is 0 Å². The van der Waals surface area contributed by atoms with Crippen LogP contribution in [0.25, 0.3) is 0 Å². The van der Waals surface area contributed by atoms with Crippen molar-refractivity contribution in [2.24, 2.45) is 0 Å². The topological polar surface area (TPSA) is 77.6 Å². The quantitative estimate of drug-likeness (QED) is 0.186. The van der Waals surface area contributed by atoms with Crippen molar-refractivity contribution in [2.45, 2.75) is 0 Å². The van der Waals surface area contributed by atoms with E-state index in [0.717, 1.165) is 0 Å². The van der Waals surface area contributed by atoms with E-state index in [2.05, 4.69) is 0 Å². The van der Waals surface area contributed by atoms with Crippen LogP contribution >= 0.6 is 0 Å². The zero-order valence-corrected chi connectivity index (χ0v) is 2.62. The Labute approximate surface area is 33.4 Å². The maximum Gasteiger partial charge on any atom is 2.00 e. The molecule has 0 heterocycles. The summed E-state index contributed by atoms with van der Waals surface area (Å²) in [6, 6.07) is 0. The molecule has 0 aliphatic heterocycles. The van der Waals surface area contributed by atoms with Gasteiger partial charge in [0, 0.05) is 0 Å². The van der Waals surface area contributed by atoms with E-state index in [0.29, 0.717) is 0 Å². The van der Waals surface area contributed by atoms with Crippen LogP contribution in [-0.4, -0.2) is 5.48 Å². The van der Waals surface area contributed by atoms with Crippen LogP contribution in [0.3, 0.4) is 0 Å². The third-order valence-electron chi connectivity index (χ3n) is 0. The van der Waals surface area contributed by atoms with Crippen molar-refractivity contribution in [1.82, 2.24) is 0 Å². The third-order valence-corrected chi connectivity index (χ3v) is 0. The van der Waals surface area contributed by atoms with Crippen molar-refractivity contribution < 1.29 is 32.5 Å². The summed E-state index contributed by atoms with van der Waals surface area (Å²) < 4.78 is 0. The van der Waals surface area contributed by atoms with Crippen LogP contribution in [-0.2, 0) is 16.5 Å². The minimum Gasteiger partial charge on any atom is -1.00 e. The Morgan fingerprint density at radius 3 is 1.00 bits per heavy atom. The maximum absolute atomic E-state index is 7.00. The van der Waals surface area contributed by atoms with Gasteiger partial charge in [-0.15, -0.1) is 0 Å². The van der Waals surface area contributed by atoms with Crippen LogP contribution < -0.4 is 10.5 Å². The third kappa shape index (κ3) is 32.1. The van der Waals surface area contributed by atoms with Gasteiger partial charge in [0.05, 0.1) is 0 Å². The fraction of sp³-hybridized carbons (Fsp3) is 0. The first kappa shape index (κ1) is 26.4. The molecule has 0 fully saturated rings. The minimum atomic E-state index is 0. The number of rotatable bonds is 0. The van der Waals surface area contributed by atoms with Crippen LogP contribution in [0.4, 0.5) is 0 Å². The maximum atomic E-state index is 7.00. The smallest absolute Gasteiger partial charge is 1.00 e. The van der Waals surface area contributed by atoms with Gasteiger partial charge in [-0.05, 0) is 0 Å². The Hall–Kier alpha value is 0.374. The van der Waals surface area contributed by atoms with E-state index in [9.17, 15) is 0 Å². The molecular formula is H2NiO3. The first-order valence-electron chi connectivity index (χ1n) is 0.167. The van der Waals surface area contributed by atoms with E-state index in [4.69, 9.17) is 10.5 Å². The molecule has 0 radical (unpaired) electrons. The molecule has 0 aromatic rings. The SMILES string of the molecule is O.[Ni+2].[O-][O-]. The molecule has 4 heteroatoms. The van der Waals surface area contributed by atoms with E-state index >= 15 is 0 Å². The molecule has 0 atom stereocenters. The minimum absolute atomic E-state index is 0. The van der Waals surface area contributed by atoms with Crippen LogP contribution in [0.1, 0.15) is 0 Å². The van der Waals surface area contributed by atoms with Crippen LogP contribution in [0.2, 0.25) is 0 Å². The zero-order valence-electron chi connectivity index (χ0n) is 1.63. The average Bonchev–Trinajstić information content (AvgIpc) is 1.00. The van der Waals surface area contributed by atoms with Crippen molar-refractivity contribution in [3.05, 3.63) is 0 Å². The van der Waals surface area contributed by atoms with Gasteiger partial charge in [-0.1, -0.05) is 0 Å². The van der Waals surface area contributed by atoms with Gasteiger partial charge in [-0.3, -0.25) is 0 Å². The van der Waals surface area contributed by atoms with E-state index in [1.165, 1.54) is 0 Å². The average molecular weight is 109 g/mol. The van der Waals surface area contributed by atoms with Gasteiger partial charge in [0.1, 0.15) is 0 Å². The Kier molecular flexibility index (Phi) is 899. The Balaban J connectivity index is -0.00000000500. The molecular weight excluding hydrogens is 107 g/mol. The predicted octanol–water partition coefficient (Wildman–Crippen LogP) is -3.21. The molecule has 0 saturated carbocycles. The van der Waals surface area contributed by atoms with Crippen molar-refractivity contribution in [1.29, 1.82) is 0 Å². The largest absolute Gasteiger partial charge is 2.00 e. The van der Waals surface area contributed by atoms with Crippen molar-refractivity contribution in [2.75, 3.05) is 0 Å². The standard InChI is InChI=1S/Ni.O2.H2O/c;1-2;/h;;1H2/q+2;-2;. The molecule has 0 amide bonds. The van der Waals surface area contributed by atoms with E-state index in [1.807, 2.05) is 0 Å². The first-order valence-corrected chi connectivity index (χ1v) is 0.167. The van der Waals surface area contributed by atoms with Crippen LogP contribution in [0, 0.1) is 0 Å². The monoisotopic (exact) mass is 108 g/mol. The van der Waals surface area contributed by atoms with Crippen molar-refractivity contribution in [3.63, 3.8) is 0 Å². The second kappa shape index (κ2) is 136. The Bertz CT molecular complexity index is 3.25. The van der Waals surface area contributed by atoms with E-state index in [1.54, 1.807) is 0 Å². The summed E-state index contributed by atoms with van der Waals surface area (Å²) in [6.45, 7) is 0. The van der Waals surface area contributed by atoms with E-state index < -0.39 is 0 Å². The summed E-state index contributed by atoms with van der Waals surface area (Å²) in [5.41, 5.74) is 0. The molecule has 0 spiro atoms. The second-order valence-electron chi connectivity index (χ2n) is 0. The molecule has 0 aliphatic carbocycles. The molecule has 0 unspecified atom stereocenters. The summed E-state index contributed by atoms with van der Waals surface area (Å²) in [6.07, 6.45) is 0. The predicted molar refractivity (Wildman–Crippen MR) is 3.61 cm³/mol. The molecule has 0 aliphatic rings. The van der Waals surface area contributed by atoms with E-state index in [-0.39, 0.29) is 22.0 Å². The normalized spacial score (nSPS) is 1.50. The van der Waals surface area contributed by atoms with Gasteiger partial charge in [0.2, 0.25) is 0 Å². The zero-order chi connectivity index (χ0) is 2.00. The molecule has 0 aromatic carbocycles. The molecule has 0 aromatic heterocycles. The fourth-order valence-corrected chi connectivity index (χ4v) is 0. The molecule has 3 nitrogen and oxygen atoms in total. The summed E-state index contributed by atoms with van der Waals surface area (Å²) in [5.74, 6) is 0. The van der Waals surface area contributed by atoms with Gasteiger partial charge < -0.3 is 16.0 Å². The molecule has 0 rings (SSSR count). The van der Waals surface area contributed by atoms with Crippen molar-refractivity contribution in [3.8, 4) is 0 Å². The molecule has 0 bridgehead atoms. The fourth-order valence-electron chi connectivity index (χ4n) is 0. The van der Waals surface area contributed by atoms with Gasteiger partial charge in [0.15, 0.2) is 0 Å². The van der Waals surface area contributed by atoms with Crippen LogP contribution in [0.15, 0.2) is 0 Å². The second-order valence-corrected chi connectivity index (χ2v) is 0. The summed E-state index contributed by atoms with van der Waals surface area (Å²) >= 11 is 0. The Morgan fingerprint density at radius 2 is 1.00 bits per heavy atom. The molecule has 2 N–H and O–H groups in total.